The maximum atomic E-state index is 10.7. The molecule has 0 aliphatic heterocycles. The SMILES string of the molecule is COC1CCCC(n2cnc(C(=O)O)c2)C1. The minimum atomic E-state index is -0.974. The largest absolute Gasteiger partial charge is 0.476 e. The van der Waals surface area contributed by atoms with Crippen molar-refractivity contribution in [3.05, 3.63) is 18.2 Å². The lowest BCUT2D eigenvalue weighted by Crippen LogP contribution is -2.23. The van der Waals surface area contributed by atoms with Crippen LogP contribution >= 0.6 is 0 Å². The van der Waals surface area contributed by atoms with Gasteiger partial charge in [-0.15, -0.1) is 0 Å². The number of imidazole rings is 1. The molecule has 2 atom stereocenters. The van der Waals surface area contributed by atoms with Crippen molar-refractivity contribution >= 4 is 5.97 Å². The van der Waals surface area contributed by atoms with Gasteiger partial charge in [0.25, 0.3) is 0 Å². The van der Waals surface area contributed by atoms with Gasteiger partial charge in [0.2, 0.25) is 0 Å². The van der Waals surface area contributed by atoms with Gasteiger partial charge in [0.05, 0.1) is 12.4 Å². The van der Waals surface area contributed by atoms with Crippen molar-refractivity contribution in [1.82, 2.24) is 9.55 Å². The van der Waals surface area contributed by atoms with Crippen molar-refractivity contribution in [2.45, 2.75) is 37.8 Å². The highest BCUT2D eigenvalue weighted by Crippen LogP contribution is 2.29. The first-order valence-electron chi connectivity index (χ1n) is 5.50. The minimum Gasteiger partial charge on any atom is -0.476 e. The van der Waals surface area contributed by atoms with Crippen LogP contribution in [0.5, 0.6) is 0 Å². The monoisotopic (exact) mass is 224 g/mol. The van der Waals surface area contributed by atoms with Gasteiger partial charge >= 0.3 is 5.97 Å². The molecule has 1 heterocycles. The Bertz CT molecular complexity index is 375. The molecule has 0 saturated heterocycles. The van der Waals surface area contributed by atoms with Crippen LogP contribution in [0.1, 0.15) is 42.2 Å². The van der Waals surface area contributed by atoms with Gasteiger partial charge in [-0.3, -0.25) is 0 Å². The molecule has 1 aromatic rings. The summed E-state index contributed by atoms with van der Waals surface area (Å²) in [6, 6.07) is 0.319. The average molecular weight is 224 g/mol. The van der Waals surface area contributed by atoms with Crippen LogP contribution in [0.25, 0.3) is 0 Å². The molecule has 1 N–H and O–H groups in total. The van der Waals surface area contributed by atoms with Crippen LogP contribution in [0.2, 0.25) is 0 Å². The Balaban J connectivity index is 2.08. The number of carbonyl (C=O) groups is 1. The molecule has 5 nitrogen and oxygen atoms in total. The summed E-state index contributed by atoms with van der Waals surface area (Å²) >= 11 is 0. The second kappa shape index (κ2) is 4.65. The van der Waals surface area contributed by atoms with Gasteiger partial charge in [0.1, 0.15) is 0 Å². The van der Waals surface area contributed by atoms with Crippen molar-refractivity contribution in [2.75, 3.05) is 7.11 Å². The van der Waals surface area contributed by atoms with Crippen molar-refractivity contribution in [2.24, 2.45) is 0 Å². The summed E-state index contributed by atoms with van der Waals surface area (Å²) in [5.74, 6) is -0.974. The Morgan fingerprint density at radius 3 is 3.06 bits per heavy atom. The smallest absolute Gasteiger partial charge is 0.356 e. The average Bonchev–Trinajstić information content (AvgIpc) is 2.78. The summed E-state index contributed by atoms with van der Waals surface area (Å²) in [6.45, 7) is 0. The number of carboxylic acids is 1. The predicted octanol–water partition coefficient (Wildman–Crippen LogP) is 1.71. The number of aromatic carboxylic acids is 1. The Kier molecular flexibility index (Phi) is 3.24. The van der Waals surface area contributed by atoms with E-state index in [1.165, 1.54) is 0 Å². The number of carboxylic acid groups (broad SMARTS) is 1. The Morgan fingerprint density at radius 1 is 1.62 bits per heavy atom. The lowest BCUT2D eigenvalue weighted by Gasteiger charge is -2.28. The molecule has 2 rings (SSSR count). The zero-order valence-electron chi connectivity index (χ0n) is 9.30. The quantitative estimate of drug-likeness (QED) is 0.848. The van der Waals surface area contributed by atoms with E-state index >= 15 is 0 Å². The maximum absolute atomic E-state index is 10.7. The van der Waals surface area contributed by atoms with Crippen molar-refractivity contribution in [3.8, 4) is 0 Å². The van der Waals surface area contributed by atoms with E-state index in [1.807, 2.05) is 4.57 Å². The summed E-state index contributed by atoms with van der Waals surface area (Å²) in [6.07, 6.45) is 7.70. The first kappa shape index (κ1) is 11.1. The molecule has 1 fully saturated rings. The zero-order chi connectivity index (χ0) is 11.5. The first-order valence-corrected chi connectivity index (χ1v) is 5.50. The predicted molar refractivity (Wildman–Crippen MR) is 57.5 cm³/mol. The van der Waals surface area contributed by atoms with E-state index in [0.717, 1.165) is 25.7 Å². The van der Waals surface area contributed by atoms with Crippen LogP contribution in [0.3, 0.4) is 0 Å². The van der Waals surface area contributed by atoms with E-state index in [2.05, 4.69) is 4.98 Å². The van der Waals surface area contributed by atoms with Crippen LogP contribution in [-0.4, -0.2) is 33.8 Å². The molecule has 2 unspecified atom stereocenters. The lowest BCUT2D eigenvalue weighted by molar-refractivity contribution is 0.0530. The fourth-order valence-electron chi connectivity index (χ4n) is 2.25. The second-order valence-electron chi connectivity index (χ2n) is 4.19. The Labute approximate surface area is 94.1 Å². The van der Waals surface area contributed by atoms with Crippen molar-refractivity contribution < 1.29 is 14.6 Å². The molecule has 5 heteroatoms. The van der Waals surface area contributed by atoms with E-state index in [9.17, 15) is 4.79 Å². The van der Waals surface area contributed by atoms with Gasteiger partial charge in [-0.25, -0.2) is 9.78 Å². The van der Waals surface area contributed by atoms with Crippen molar-refractivity contribution in [3.63, 3.8) is 0 Å². The van der Waals surface area contributed by atoms with Crippen molar-refractivity contribution in [1.29, 1.82) is 0 Å². The summed E-state index contributed by atoms with van der Waals surface area (Å²) in [5, 5.41) is 8.79. The van der Waals surface area contributed by atoms with Crippen LogP contribution in [-0.2, 0) is 4.74 Å². The fraction of sp³-hybridized carbons (Fsp3) is 0.636. The van der Waals surface area contributed by atoms with E-state index in [4.69, 9.17) is 9.84 Å². The number of methoxy groups -OCH3 is 1. The highest BCUT2D eigenvalue weighted by Gasteiger charge is 2.23. The summed E-state index contributed by atoms with van der Waals surface area (Å²) in [5.41, 5.74) is 0.111. The Hall–Kier alpha value is -1.36. The number of hydrogen-bond acceptors (Lipinski definition) is 3. The third kappa shape index (κ3) is 2.24. The van der Waals surface area contributed by atoms with Crippen LogP contribution in [0.15, 0.2) is 12.5 Å². The molecule has 0 aromatic carbocycles. The first-order chi connectivity index (χ1) is 7.70. The molecule has 16 heavy (non-hydrogen) atoms. The van der Waals surface area contributed by atoms with E-state index in [-0.39, 0.29) is 11.8 Å². The second-order valence-corrected chi connectivity index (χ2v) is 4.19. The van der Waals surface area contributed by atoms with Crippen LogP contribution < -0.4 is 0 Å². The normalized spacial score (nSPS) is 25.6. The highest BCUT2D eigenvalue weighted by atomic mass is 16.5. The number of hydrogen-bond donors (Lipinski definition) is 1. The molecular formula is C11H16N2O3. The molecule has 1 aromatic heterocycles. The molecule has 0 spiro atoms. The molecule has 0 radical (unpaired) electrons. The van der Waals surface area contributed by atoms with E-state index < -0.39 is 5.97 Å². The Morgan fingerprint density at radius 2 is 2.44 bits per heavy atom. The van der Waals surface area contributed by atoms with Gasteiger partial charge in [-0.1, -0.05) is 0 Å². The molecular weight excluding hydrogens is 208 g/mol. The van der Waals surface area contributed by atoms with Gasteiger partial charge < -0.3 is 14.4 Å². The maximum Gasteiger partial charge on any atom is 0.356 e. The highest BCUT2D eigenvalue weighted by molar-refractivity contribution is 5.84. The third-order valence-corrected chi connectivity index (χ3v) is 3.17. The van der Waals surface area contributed by atoms with Gasteiger partial charge in [-0.2, -0.15) is 0 Å². The standard InChI is InChI=1S/C11H16N2O3/c1-16-9-4-2-3-8(5-9)13-6-10(11(14)15)12-7-13/h6-9H,2-5H2,1H3,(H,14,15). The van der Waals surface area contributed by atoms with E-state index in [1.54, 1.807) is 19.6 Å². The minimum absolute atomic E-state index is 0.111. The molecule has 1 saturated carbocycles. The molecule has 0 amide bonds. The molecule has 1 aliphatic carbocycles. The van der Waals surface area contributed by atoms with Gasteiger partial charge in [0, 0.05) is 19.3 Å². The fourth-order valence-corrected chi connectivity index (χ4v) is 2.25. The number of ether oxygens (including phenoxy) is 1. The molecule has 88 valence electrons. The number of aromatic nitrogens is 2. The topological polar surface area (TPSA) is 64.4 Å². The summed E-state index contributed by atoms with van der Waals surface area (Å²) in [4.78, 5) is 14.6. The van der Waals surface area contributed by atoms with Gasteiger partial charge in [0.15, 0.2) is 5.69 Å². The zero-order valence-corrected chi connectivity index (χ0v) is 9.30. The number of nitrogens with zero attached hydrogens (tertiary/aromatic N) is 2. The molecule has 1 aliphatic rings. The molecule has 0 bridgehead atoms. The van der Waals surface area contributed by atoms with Gasteiger partial charge in [-0.05, 0) is 25.7 Å². The van der Waals surface area contributed by atoms with E-state index in [0.29, 0.717) is 6.04 Å². The van der Waals surface area contributed by atoms with Crippen LogP contribution in [0.4, 0.5) is 0 Å². The number of rotatable bonds is 3. The lowest BCUT2D eigenvalue weighted by atomic mass is 9.93. The van der Waals surface area contributed by atoms with Crippen LogP contribution in [0, 0.1) is 0 Å². The summed E-state index contributed by atoms with van der Waals surface area (Å²) < 4.78 is 7.24. The summed E-state index contributed by atoms with van der Waals surface area (Å²) in [7, 11) is 1.73. The third-order valence-electron chi connectivity index (χ3n) is 3.17.